The molecule has 0 aliphatic rings. The van der Waals surface area contributed by atoms with Crippen LogP contribution in [0, 0.1) is 0 Å². The van der Waals surface area contributed by atoms with Crippen molar-refractivity contribution < 1.29 is 17.9 Å². The summed E-state index contributed by atoms with van der Waals surface area (Å²) in [4.78, 5) is 11.3. The van der Waals surface area contributed by atoms with Crippen molar-refractivity contribution in [2.75, 3.05) is 20.2 Å². The number of halogens is 1. The Balaban J connectivity index is 3.07. The number of carbonyl (C=O) groups excluding carboxylic acids is 1. The first-order chi connectivity index (χ1) is 8.41. The van der Waals surface area contributed by atoms with E-state index in [2.05, 4.69) is 20.7 Å². The lowest BCUT2D eigenvalue weighted by Gasteiger charge is -2.19. The van der Waals surface area contributed by atoms with Gasteiger partial charge in [0.25, 0.3) is 0 Å². The Morgan fingerprint density at radius 3 is 2.61 bits per heavy atom. The quantitative estimate of drug-likeness (QED) is 0.767. The van der Waals surface area contributed by atoms with Crippen molar-refractivity contribution in [3.63, 3.8) is 0 Å². The van der Waals surface area contributed by atoms with Crippen molar-refractivity contribution in [3.8, 4) is 0 Å². The van der Waals surface area contributed by atoms with Crippen LogP contribution < -0.4 is 0 Å². The maximum absolute atomic E-state index is 12.3. The number of likely N-dealkylation sites (N-methyl/N-ethyl adjacent to an activating group) is 1. The molecule has 0 aliphatic heterocycles. The second-order valence-corrected chi connectivity index (χ2v) is 6.32. The summed E-state index contributed by atoms with van der Waals surface area (Å²) in [5, 5.41) is 0. The fraction of sp³-hybridized carbons (Fsp3) is 0.364. The zero-order valence-electron chi connectivity index (χ0n) is 10.1. The Morgan fingerprint density at radius 2 is 2.11 bits per heavy atom. The number of hydrogen-bond acceptors (Lipinski definition) is 4. The van der Waals surface area contributed by atoms with E-state index in [-0.39, 0.29) is 18.0 Å². The van der Waals surface area contributed by atoms with Crippen LogP contribution in [0.5, 0.6) is 0 Å². The third-order valence-electron chi connectivity index (χ3n) is 2.32. The molecule has 0 atom stereocenters. The Hall–Kier alpha value is -0.920. The molecule has 0 saturated carbocycles. The molecule has 1 aromatic carbocycles. The van der Waals surface area contributed by atoms with Crippen molar-refractivity contribution in [1.29, 1.82) is 0 Å². The van der Waals surface area contributed by atoms with Gasteiger partial charge in [-0.3, -0.25) is 4.79 Å². The second kappa shape index (κ2) is 6.31. The minimum Gasteiger partial charge on any atom is -0.468 e. The fourth-order valence-corrected chi connectivity index (χ4v) is 3.34. The molecule has 1 rings (SSSR count). The zero-order chi connectivity index (χ0) is 13.8. The normalized spacial score (nSPS) is 11.6. The summed E-state index contributed by atoms with van der Waals surface area (Å²) in [6.07, 6.45) is 0. The van der Waals surface area contributed by atoms with Crippen molar-refractivity contribution in [2.24, 2.45) is 0 Å². The van der Waals surface area contributed by atoms with E-state index in [1.165, 1.54) is 19.2 Å². The molecule has 0 aromatic heterocycles. The van der Waals surface area contributed by atoms with Crippen LogP contribution in [-0.2, 0) is 19.6 Å². The molecule has 0 saturated heterocycles. The first-order valence-electron chi connectivity index (χ1n) is 5.24. The average molecular weight is 336 g/mol. The fourth-order valence-electron chi connectivity index (χ4n) is 1.35. The molecule has 0 unspecified atom stereocenters. The van der Waals surface area contributed by atoms with Gasteiger partial charge in [-0.2, -0.15) is 4.31 Å². The van der Waals surface area contributed by atoms with Crippen molar-refractivity contribution >= 4 is 31.9 Å². The predicted molar refractivity (Wildman–Crippen MR) is 70.6 cm³/mol. The summed E-state index contributed by atoms with van der Waals surface area (Å²) in [6.45, 7) is 1.57. The number of sulfonamides is 1. The molecule has 0 aliphatic carbocycles. The van der Waals surface area contributed by atoms with E-state index in [1.807, 2.05) is 0 Å². The largest absolute Gasteiger partial charge is 0.468 e. The first-order valence-corrected chi connectivity index (χ1v) is 7.47. The molecular weight excluding hydrogens is 322 g/mol. The summed E-state index contributed by atoms with van der Waals surface area (Å²) in [5.41, 5.74) is 0. The highest BCUT2D eigenvalue weighted by molar-refractivity contribution is 9.10. The van der Waals surface area contributed by atoms with Gasteiger partial charge in [0.05, 0.1) is 12.0 Å². The molecule has 100 valence electrons. The Morgan fingerprint density at radius 1 is 1.44 bits per heavy atom. The van der Waals surface area contributed by atoms with Gasteiger partial charge < -0.3 is 4.74 Å². The smallest absolute Gasteiger partial charge is 0.321 e. The topological polar surface area (TPSA) is 63.7 Å². The van der Waals surface area contributed by atoms with Crippen molar-refractivity contribution in [2.45, 2.75) is 11.8 Å². The number of nitrogens with zero attached hydrogens (tertiary/aromatic N) is 1. The minimum atomic E-state index is -3.68. The number of ether oxygens (including phenoxy) is 1. The Kier molecular flexibility index (Phi) is 5.30. The van der Waals surface area contributed by atoms with E-state index in [4.69, 9.17) is 0 Å². The van der Waals surface area contributed by atoms with E-state index < -0.39 is 16.0 Å². The van der Waals surface area contributed by atoms with Gasteiger partial charge in [-0.05, 0) is 18.2 Å². The third kappa shape index (κ3) is 3.54. The van der Waals surface area contributed by atoms with Gasteiger partial charge in [-0.25, -0.2) is 8.42 Å². The molecule has 0 N–H and O–H groups in total. The van der Waals surface area contributed by atoms with Gasteiger partial charge in [-0.1, -0.05) is 28.9 Å². The first kappa shape index (κ1) is 15.1. The van der Waals surface area contributed by atoms with Crippen molar-refractivity contribution in [3.05, 3.63) is 28.7 Å². The number of hydrogen-bond donors (Lipinski definition) is 0. The molecule has 0 amide bonds. The molecule has 18 heavy (non-hydrogen) atoms. The lowest BCUT2D eigenvalue weighted by molar-refractivity contribution is -0.140. The van der Waals surface area contributed by atoms with E-state index in [1.54, 1.807) is 19.1 Å². The second-order valence-electron chi connectivity index (χ2n) is 3.46. The summed E-state index contributed by atoms with van der Waals surface area (Å²) in [6, 6.07) is 6.34. The Bertz CT molecular complexity index is 530. The van der Waals surface area contributed by atoms with Crippen LogP contribution in [-0.4, -0.2) is 38.9 Å². The minimum absolute atomic E-state index is 0.141. The monoisotopic (exact) mass is 335 g/mol. The van der Waals surface area contributed by atoms with Crippen LogP contribution in [0.3, 0.4) is 0 Å². The highest BCUT2D eigenvalue weighted by atomic mass is 79.9. The molecule has 1 aromatic rings. The van der Waals surface area contributed by atoms with Gasteiger partial charge in [0.1, 0.15) is 6.54 Å². The van der Waals surface area contributed by atoms with E-state index in [9.17, 15) is 13.2 Å². The van der Waals surface area contributed by atoms with Gasteiger partial charge in [0.2, 0.25) is 10.0 Å². The highest BCUT2D eigenvalue weighted by Gasteiger charge is 2.25. The van der Waals surface area contributed by atoms with E-state index in [0.29, 0.717) is 4.47 Å². The lowest BCUT2D eigenvalue weighted by atomic mass is 10.4. The summed E-state index contributed by atoms with van der Waals surface area (Å²) >= 11 is 3.22. The standard InChI is InChI=1S/C11H14BrNO4S/c1-3-13(8-11(14)17-2)18(15,16)10-6-4-5-9(12)7-10/h4-7H,3,8H2,1-2H3. The van der Waals surface area contributed by atoms with Crippen LogP contribution in [0.25, 0.3) is 0 Å². The number of methoxy groups -OCH3 is 1. The molecule has 0 fully saturated rings. The van der Waals surface area contributed by atoms with Crippen molar-refractivity contribution in [1.82, 2.24) is 4.31 Å². The van der Waals surface area contributed by atoms with Gasteiger partial charge in [0.15, 0.2) is 0 Å². The lowest BCUT2D eigenvalue weighted by Crippen LogP contribution is -2.36. The van der Waals surface area contributed by atoms with Gasteiger partial charge >= 0.3 is 5.97 Å². The molecule has 7 heteroatoms. The summed E-state index contributed by atoms with van der Waals surface area (Å²) in [7, 11) is -2.45. The van der Waals surface area contributed by atoms with Crippen LogP contribution >= 0.6 is 15.9 Å². The SMILES string of the molecule is CCN(CC(=O)OC)S(=O)(=O)c1cccc(Br)c1. The summed E-state index contributed by atoms with van der Waals surface area (Å²) in [5.74, 6) is -0.588. The summed E-state index contributed by atoms with van der Waals surface area (Å²) < 4.78 is 30.7. The van der Waals surface area contributed by atoms with Gasteiger partial charge in [-0.15, -0.1) is 0 Å². The third-order valence-corrected chi connectivity index (χ3v) is 4.73. The molecule has 0 spiro atoms. The molecule has 0 bridgehead atoms. The van der Waals surface area contributed by atoms with E-state index >= 15 is 0 Å². The molecular formula is C11H14BrNO4S. The van der Waals surface area contributed by atoms with Crippen LogP contribution in [0.4, 0.5) is 0 Å². The number of rotatable bonds is 5. The molecule has 5 nitrogen and oxygen atoms in total. The Labute approximate surface area is 115 Å². The molecule has 0 radical (unpaired) electrons. The van der Waals surface area contributed by atoms with Gasteiger partial charge in [0, 0.05) is 11.0 Å². The van der Waals surface area contributed by atoms with Crippen LogP contribution in [0.15, 0.2) is 33.6 Å². The number of carbonyl (C=O) groups is 1. The van der Waals surface area contributed by atoms with E-state index in [0.717, 1.165) is 4.31 Å². The maximum Gasteiger partial charge on any atom is 0.321 e. The zero-order valence-corrected chi connectivity index (χ0v) is 12.5. The average Bonchev–Trinajstić information content (AvgIpc) is 2.35. The maximum atomic E-state index is 12.3. The number of benzene rings is 1. The van der Waals surface area contributed by atoms with Crippen LogP contribution in [0.1, 0.15) is 6.92 Å². The predicted octanol–water partition coefficient (Wildman–Crippen LogP) is 1.63. The highest BCUT2D eigenvalue weighted by Crippen LogP contribution is 2.19. The number of esters is 1. The molecule has 0 heterocycles. The van der Waals surface area contributed by atoms with Crippen LogP contribution in [0.2, 0.25) is 0 Å².